The van der Waals surface area contributed by atoms with Crippen molar-refractivity contribution in [2.75, 3.05) is 19.1 Å². The lowest BCUT2D eigenvalue weighted by Crippen LogP contribution is -2.45. The maximum absolute atomic E-state index is 13.4. The molecule has 156 valence electrons. The molecule has 0 saturated heterocycles. The highest BCUT2D eigenvalue weighted by atomic mass is 16.5. The van der Waals surface area contributed by atoms with Crippen LogP contribution < -0.4 is 14.4 Å². The molecule has 1 aliphatic rings. The minimum absolute atomic E-state index is 0.354. The number of imide groups is 1. The van der Waals surface area contributed by atoms with Gasteiger partial charge in [0.05, 0.1) is 32.4 Å². The lowest BCUT2D eigenvalue weighted by atomic mass is 9.89. The summed E-state index contributed by atoms with van der Waals surface area (Å²) in [6.45, 7) is 0.455. The van der Waals surface area contributed by atoms with E-state index in [1.807, 2.05) is 36.4 Å². The van der Waals surface area contributed by atoms with Gasteiger partial charge in [-0.05, 0) is 29.3 Å². The van der Waals surface area contributed by atoms with Gasteiger partial charge in [0.2, 0.25) is 5.91 Å². The molecule has 0 radical (unpaired) electrons. The molecular formula is C25H22N2O4. The van der Waals surface area contributed by atoms with Gasteiger partial charge in [-0.15, -0.1) is 0 Å². The fourth-order valence-electron chi connectivity index (χ4n) is 3.66. The number of hydrogen-bond acceptors (Lipinski definition) is 5. The van der Waals surface area contributed by atoms with Gasteiger partial charge in [-0.3, -0.25) is 14.6 Å². The first-order valence-corrected chi connectivity index (χ1v) is 9.87. The lowest BCUT2D eigenvalue weighted by molar-refractivity contribution is -0.118. The normalized spacial score (nSPS) is 15.8. The van der Waals surface area contributed by atoms with Gasteiger partial charge in [0.1, 0.15) is 0 Å². The number of aliphatic imine (C=N–C) groups is 1. The number of benzene rings is 3. The van der Waals surface area contributed by atoms with Gasteiger partial charge in [-0.25, -0.2) is 4.90 Å². The van der Waals surface area contributed by atoms with E-state index in [1.165, 1.54) is 19.1 Å². The highest BCUT2D eigenvalue weighted by molar-refractivity contribution is 6.29. The summed E-state index contributed by atoms with van der Waals surface area (Å²) >= 11 is 0. The van der Waals surface area contributed by atoms with Crippen molar-refractivity contribution in [3.63, 3.8) is 0 Å². The maximum Gasteiger partial charge on any atom is 0.265 e. The van der Waals surface area contributed by atoms with Crippen molar-refractivity contribution in [1.82, 2.24) is 0 Å². The molecule has 6 heteroatoms. The summed E-state index contributed by atoms with van der Waals surface area (Å²) < 4.78 is 10.6. The molecule has 0 N–H and O–H groups in total. The average Bonchev–Trinajstić information content (AvgIpc) is 2.82. The van der Waals surface area contributed by atoms with E-state index in [0.717, 1.165) is 5.56 Å². The molecule has 1 heterocycles. The van der Waals surface area contributed by atoms with Crippen molar-refractivity contribution < 1.29 is 19.1 Å². The monoisotopic (exact) mass is 414 g/mol. The van der Waals surface area contributed by atoms with E-state index in [9.17, 15) is 9.59 Å². The zero-order valence-corrected chi connectivity index (χ0v) is 17.3. The zero-order valence-electron chi connectivity index (χ0n) is 17.3. The van der Waals surface area contributed by atoms with E-state index in [0.29, 0.717) is 34.9 Å². The van der Waals surface area contributed by atoms with Gasteiger partial charge in [0, 0.05) is 17.8 Å². The second-order valence-corrected chi connectivity index (χ2v) is 7.06. The van der Waals surface area contributed by atoms with Crippen LogP contribution in [0.3, 0.4) is 0 Å². The molecule has 0 unspecified atom stereocenters. The number of ether oxygens (including phenoxy) is 2. The number of carbonyl (C=O) groups excluding carboxylic acids is 2. The molecule has 0 aromatic heterocycles. The zero-order chi connectivity index (χ0) is 21.8. The van der Waals surface area contributed by atoms with Crippen LogP contribution in [0.2, 0.25) is 0 Å². The largest absolute Gasteiger partial charge is 0.493 e. The van der Waals surface area contributed by atoms with Gasteiger partial charge >= 0.3 is 0 Å². The Bertz CT molecular complexity index is 1140. The fourth-order valence-corrected chi connectivity index (χ4v) is 3.66. The van der Waals surface area contributed by atoms with Crippen LogP contribution in [0.1, 0.15) is 27.4 Å². The second kappa shape index (κ2) is 8.83. The van der Waals surface area contributed by atoms with E-state index in [2.05, 4.69) is 4.99 Å². The molecule has 0 bridgehead atoms. The maximum atomic E-state index is 13.4. The van der Waals surface area contributed by atoms with Crippen molar-refractivity contribution in [2.45, 2.75) is 12.5 Å². The molecule has 1 atom stereocenters. The Hall–Kier alpha value is -3.93. The van der Waals surface area contributed by atoms with E-state index < -0.39 is 5.92 Å². The standard InChI is InChI=1S/C25H22N2O4/c1-30-22-13-12-18(14-23(22)31-2)27-24(28)20-11-7-6-10-19(20)21(25(27)29)16-26-15-17-8-4-3-5-9-17/h3-14,16,21H,15H2,1-2H3/t21-/m1/s1. The van der Waals surface area contributed by atoms with Crippen molar-refractivity contribution in [3.05, 3.63) is 89.5 Å². The van der Waals surface area contributed by atoms with Crippen molar-refractivity contribution >= 4 is 23.7 Å². The fraction of sp³-hybridized carbons (Fsp3) is 0.160. The topological polar surface area (TPSA) is 68.2 Å². The number of nitrogens with zero attached hydrogens (tertiary/aromatic N) is 2. The van der Waals surface area contributed by atoms with Crippen LogP contribution in [0.5, 0.6) is 11.5 Å². The van der Waals surface area contributed by atoms with Crippen LogP contribution in [0.15, 0.2) is 77.8 Å². The van der Waals surface area contributed by atoms with Crippen LogP contribution in [-0.4, -0.2) is 32.2 Å². The summed E-state index contributed by atoms with van der Waals surface area (Å²) in [4.78, 5) is 32.3. The van der Waals surface area contributed by atoms with Crippen molar-refractivity contribution in [1.29, 1.82) is 0 Å². The third-order valence-electron chi connectivity index (χ3n) is 5.21. The molecule has 6 nitrogen and oxygen atoms in total. The molecule has 2 amide bonds. The first kappa shape index (κ1) is 20.3. The smallest absolute Gasteiger partial charge is 0.265 e. The minimum atomic E-state index is -0.661. The number of methoxy groups -OCH3 is 2. The summed E-state index contributed by atoms with van der Waals surface area (Å²) in [5.74, 6) is -0.433. The Labute approximate surface area is 180 Å². The van der Waals surface area contributed by atoms with E-state index >= 15 is 0 Å². The van der Waals surface area contributed by atoms with Gasteiger partial charge in [-0.1, -0.05) is 48.5 Å². The highest BCUT2D eigenvalue weighted by Gasteiger charge is 2.39. The molecule has 3 aromatic rings. The molecule has 0 fully saturated rings. The van der Waals surface area contributed by atoms with Crippen LogP contribution in [0, 0.1) is 0 Å². The Morgan fingerprint density at radius 1 is 0.903 bits per heavy atom. The Morgan fingerprint density at radius 2 is 1.61 bits per heavy atom. The van der Waals surface area contributed by atoms with Gasteiger partial charge < -0.3 is 9.47 Å². The summed E-state index contributed by atoms with van der Waals surface area (Å²) in [5.41, 5.74) is 2.60. The number of fused-ring (bicyclic) bond motifs is 1. The third-order valence-corrected chi connectivity index (χ3v) is 5.21. The average molecular weight is 414 g/mol. The van der Waals surface area contributed by atoms with Gasteiger partial charge in [0.15, 0.2) is 11.5 Å². The molecule has 3 aromatic carbocycles. The quantitative estimate of drug-likeness (QED) is 0.447. The van der Waals surface area contributed by atoms with E-state index in [1.54, 1.807) is 42.6 Å². The third kappa shape index (κ3) is 3.92. The lowest BCUT2D eigenvalue weighted by Gasteiger charge is -2.31. The summed E-state index contributed by atoms with van der Waals surface area (Å²) in [7, 11) is 3.04. The van der Waals surface area contributed by atoms with E-state index in [4.69, 9.17) is 9.47 Å². The van der Waals surface area contributed by atoms with Crippen LogP contribution in [0.4, 0.5) is 5.69 Å². The number of carbonyl (C=O) groups is 2. The molecule has 4 rings (SSSR count). The minimum Gasteiger partial charge on any atom is -0.493 e. The number of amides is 2. The first-order chi connectivity index (χ1) is 15.1. The molecule has 31 heavy (non-hydrogen) atoms. The number of rotatable bonds is 6. The summed E-state index contributed by atoms with van der Waals surface area (Å²) in [6.07, 6.45) is 1.63. The van der Waals surface area contributed by atoms with E-state index in [-0.39, 0.29) is 11.8 Å². The molecule has 0 spiro atoms. The Morgan fingerprint density at radius 3 is 2.35 bits per heavy atom. The SMILES string of the molecule is COc1ccc(N2C(=O)c3ccccc3[C@@H](C=NCc3ccccc3)C2=O)cc1OC. The predicted molar refractivity (Wildman–Crippen MR) is 119 cm³/mol. The Balaban J connectivity index is 1.72. The molecule has 0 aliphatic carbocycles. The Kier molecular flexibility index (Phi) is 5.80. The van der Waals surface area contributed by atoms with Crippen LogP contribution in [0.25, 0.3) is 0 Å². The molecule has 0 saturated carbocycles. The molecule has 1 aliphatic heterocycles. The van der Waals surface area contributed by atoms with Gasteiger partial charge in [-0.2, -0.15) is 0 Å². The summed E-state index contributed by atoms with van der Waals surface area (Å²) in [5, 5.41) is 0. The van der Waals surface area contributed by atoms with Gasteiger partial charge in [0.25, 0.3) is 5.91 Å². The van der Waals surface area contributed by atoms with Crippen LogP contribution >= 0.6 is 0 Å². The number of hydrogen-bond donors (Lipinski definition) is 0. The van der Waals surface area contributed by atoms with Crippen molar-refractivity contribution in [3.8, 4) is 11.5 Å². The van der Waals surface area contributed by atoms with Crippen LogP contribution in [-0.2, 0) is 11.3 Å². The number of anilines is 1. The highest BCUT2D eigenvalue weighted by Crippen LogP contribution is 2.36. The summed E-state index contributed by atoms with van der Waals surface area (Å²) in [6, 6.07) is 21.9. The second-order valence-electron chi connectivity index (χ2n) is 7.06. The molecular weight excluding hydrogens is 392 g/mol. The van der Waals surface area contributed by atoms with Crippen molar-refractivity contribution in [2.24, 2.45) is 4.99 Å². The predicted octanol–water partition coefficient (Wildman–Crippen LogP) is 4.25. The first-order valence-electron chi connectivity index (χ1n) is 9.87.